The summed E-state index contributed by atoms with van der Waals surface area (Å²) in [4.78, 5) is 0. The Labute approximate surface area is 66.0 Å². The quantitative estimate of drug-likeness (QED) is 0.482. The van der Waals surface area contributed by atoms with E-state index in [2.05, 4.69) is 13.8 Å². The van der Waals surface area contributed by atoms with E-state index in [4.69, 9.17) is 0 Å². The van der Waals surface area contributed by atoms with Crippen molar-refractivity contribution in [1.29, 1.82) is 0 Å². The molecule has 0 aliphatic heterocycles. The zero-order valence-electron chi connectivity index (χ0n) is 7.98. The highest BCUT2D eigenvalue weighted by molar-refractivity contribution is 4.95. The number of hydrogen-bond donors (Lipinski definition) is 0. The van der Waals surface area contributed by atoms with Crippen LogP contribution in [0.15, 0.2) is 0 Å². The molecule has 2 saturated carbocycles. The third-order valence-corrected chi connectivity index (χ3v) is 1.98. The highest BCUT2D eigenvalue weighted by Crippen LogP contribution is 2.55. The molecule has 2 aliphatic rings. The van der Waals surface area contributed by atoms with Crippen LogP contribution < -0.4 is 0 Å². The first-order valence-corrected chi connectivity index (χ1v) is 4.88. The molecular weight excluding hydrogens is 120 g/mol. The zero-order chi connectivity index (χ0) is 7.98. The van der Waals surface area contributed by atoms with Crippen LogP contribution in [-0.2, 0) is 0 Å². The minimum Gasteiger partial charge on any atom is -0.0683 e. The van der Waals surface area contributed by atoms with Gasteiger partial charge in [0, 0.05) is 0 Å². The summed E-state index contributed by atoms with van der Waals surface area (Å²) in [5.41, 5.74) is 0. The van der Waals surface area contributed by atoms with Crippen LogP contribution in [0.5, 0.6) is 0 Å². The normalized spacial score (nSPS) is 31.2. The van der Waals surface area contributed by atoms with E-state index in [-0.39, 0.29) is 0 Å². The van der Waals surface area contributed by atoms with Gasteiger partial charge < -0.3 is 0 Å². The lowest BCUT2D eigenvalue weighted by molar-refractivity contribution is 0.468. The van der Waals surface area contributed by atoms with Crippen LogP contribution in [0, 0.1) is 11.8 Å². The van der Waals surface area contributed by atoms with E-state index in [0.29, 0.717) is 0 Å². The summed E-state index contributed by atoms with van der Waals surface area (Å²) in [5.74, 6) is 2.46. The van der Waals surface area contributed by atoms with Gasteiger partial charge in [-0.05, 0) is 31.1 Å². The first kappa shape index (κ1) is 10.0. The highest BCUT2D eigenvalue weighted by Gasteiger charge is 2.44. The molecule has 0 aromatic heterocycles. The van der Waals surface area contributed by atoms with Gasteiger partial charge in [0.1, 0.15) is 0 Å². The zero-order valence-corrected chi connectivity index (χ0v) is 7.98. The lowest BCUT2D eigenvalue weighted by atomic mass is 10.0. The number of hydrogen-bond acceptors (Lipinski definition) is 0. The van der Waals surface area contributed by atoms with Crippen molar-refractivity contribution in [3.8, 4) is 0 Å². The summed E-state index contributed by atoms with van der Waals surface area (Å²) in [7, 11) is 0. The smallest absolute Gasteiger partial charge is 0.0383 e. The second-order valence-electron chi connectivity index (χ2n) is 3.04. The second kappa shape index (κ2) is 5.76. The molecule has 2 unspecified atom stereocenters. The monoisotopic (exact) mass is 142 g/mol. The fraction of sp³-hybridized carbons (Fsp3) is 1.00. The van der Waals surface area contributed by atoms with Gasteiger partial charge in [0.15, 0.2) is 0 Å². The van der Waals surface area contributed by atoms with Crippen molar-refractivity contribution >= 4 is 0 Å². The van der Waals surface area contributed by atoms with Crippen molar-refractivity contribution in [3.05, 3.63) is 0 Å². The number of rotatable bonds is 0. The van der Waals surface area contributed by atoms with Crippen LogP contribution in [0.3, 0.4) is 0 Å². The molecule has 62 valence electrons. The van der Waals surface area contributed by atoms with E-state index in [9.17, 15) is 0 Å². The fourth-order valence-electron chi connectivity index (χ4n) is 1.18. The Morgan fingerprint density at radius 1 is 1.00 bits per heavy atom. The Hall–Kier alpha value is 0. The molecule has 0 N–H and O–H groups in total. The maximum Gasteiger partial charge on any atom is -0.0383 e. The first-order valence-electron chi connectivity index (χ1n) is 4.88. The second-order valence-corrected chi connectivity index (χ2v) is 3.04. The Bertz CT molecular complexity index is 54.4. The minimum atomic E-state index is 1.23. The maximum absolute atomic E-state index is 2.12. The van der Waals surface area contributed by atoms with Gasteiger partial charge in [-0.25, -0.2) is 0 Å². The summed E-state index contributed by atoms with van der Waals surface area (Å²) in [5, 5.41) is 0. The molecular formula is C10H22. The van der Waals surface area contributed by atoms with E-state index in [0.717, 1.165) is 0 Å². The molecule has 2 rings (SSSR count). The lowest BCUT2D eigenvalue weighted by Gasteiger charge is -2.04. The SMILES string of the molecule is C1CC2CC12.CC.CCC. The van der Waals surface area contributed by atoms with Gasteiger partial charge in [-0.1, -0.05) is 34.1 Å². The van der Waals surface area contributed by atoms with Gasteiger partial charge in [-0.3, -0.25) is 0 Å². The molecule has 0 aromatic carbocycles. The summed E-state index contributed by atoms with van der Waals surface area (Å²) in [6.07, 6.45) is 5.95. The molecule has 0 amide bonds. The van der Waals surface area contributed by atoms with E-state index in [1.54, 1.807) is 19.3 Å². The molecule has 0 bridgehead atoms. The van der Waals surface area contributed by atoms with Crippen LogP contribution in [0.4, 0.5) is 0 Å². The van der Waals surface area contributed by atoms with Crippen molar-refractivity contribution < 1.29 is 0 Å². The largest absolute Gasteiger partial charge is 0.0683 e. The van der Waals surface area contributed by atoms with Gasteiger partial charge in [0.2, 0.25) is 0 Å². The first-order chi connectivity index (χ1) is 4.88. The molecule has 2 fully saturated rings. The lowest BCUT2D eigenvalue weighted by Crippen LogP contribution is -1.93. The third-order valence-electron chi connectivity index (χ3n) is 1.98. The molecule has 2 atom stereocenters. The Morgan fingerprint density at radius 2 is 1.30 bits per heavy atom. The number of fused-ring (bicyclic) bond motifs is 1. The molecule has 0 heteroatoms. The summed E-state index contributed by atoms with van der Waals surface area (Å²) >= 11 is 0. The standard InChI is InChI=1S/C5H8.C3H8.C2H6/c1-2-5-3-4(1)5;1-3-2;1-2/h4-5H,1-3H2;3H2,1-2H3;1-2H3. The van der Waals surface area contributed by atoms with Gasteiger partial charge in [0.05, 0.1) is 0 Å². The average molecular weight is 142 g/mol. The highest BCUT2D eigenvalue weighted by atomic mass is 14.5. The predicted molar refractivity (Wildman–Crippen MR) is 48.1 cm³/mol. The topological polar surface area (TPSA) is 0 Å². The van der Waals surface area contributed by atoms with Gasteiger partial charge in [0.25, 0.3) is 0 Å². The molecule has 0 aromatic rings. The molecule has 10 heavy (non-hydrogen) atoms. The summed E-state index contributed by atoms with van der Waals surface area (Å²) < 4.78 is 0. The fourth-order valence-corrected chi connectivity index (χ4v) is 1.18. The van der Waals surface area contributed by atoms with Crippen LogP contribution in [0.1, 0.15) is 53.4 Å². The Morgan fingerprint density at radius 3 is 1.30 bits per heavy atom. The van der Waals surface area contributed by atoms with Crippen molar-refractivity contribution in [2.75, 3.05) is 0 Å². The Balaban J connectivity index is 0.000000145. The van der Waals surface area contributed by atoms with Crippen LogP contribution in [-0.4, -0.2) is 0 Å². The van der Waals surface area contributed by atoms with E-state index in [1.807, 2.05) is 13.8 Å². The van der Waals surface area contributed by atoms with Gasteiger partial charge in [-0.2, -0.15) is 0 Å². The molecule has 0 heterocycles. The maximum atomic E-state index is 2.12. The van der Waals surface area contributed by atoms with E-state index < -0.39 is 0 Å². The molecule has 0 nitrogen and oxygen atoms in total. The van der Waals surface area contributed by atoms with Crippen molar-refractivity contribution in [2.45, 2.75) is 53.4 Å². The van der Waals surface area contributed by atoms with Crippen LogP contribution in [0.25, 0.3) is 0 Å². The molecule has 0 spiro atoms. The predicted octanol–water partition coefficient (Wildman–Crippen LogP) is 3.86. The molecule has 0 saturated heterocycles. The van der Waals surface area contributed by atoms with Crippen molar-refractivity contribution in [2.24, 2.45) is 11.8 Å². The summed E-state index contributed by atoms with van der Waals surface area (Å²) in [6, 6.07) is 0. The van der Waals surface area contributed by atoms with Gasteiger partial charge >= 0.3 is 0 Å². The molecule has 0 radical (unpaired) electrons. The summed E-state index contributed by atoms with van der Waals surface area (Å²) in [6.45, 7) is 8.25. The molecule has 2 aliphatic carbocycles. The van der Waals surface area contributed by atoms with Crippen molar-refractivity contribution in [3.63, 3.8) is 0 Å². The van der Waals surface area contributed by atoms with Crippen LogP contribution >= 0.6 is 0 Å². The van der Waals surface area contributed by atoms with E-state index >= 15 is 0 Å². The third kappa shape index (κ3) is 3.24. The van der Waals surface area contributed by atoms with E-state index in [1.165, 1.54) is 18.3 Å². The van der Waals surface area contributed by atoms with Crippen LogP contribution in [0.2, 0.25) is 0 Å². The van der Waals surface area contributed by atoms with Crippen molar-refractivity contribution in [1.82, 2.24) is 0 Å². The minimum absolute atomic E-state index is 1.23. The van der Waals surface area contributed by atoms with Gasteiger partial charge in [-0.15, -0.1) is 0 Å². The average Bonchev–Trinajstić information content (AvgIpc) is 2.46. The Kier molecular flexibility index (Phi) is 5.76.